The van der Waals surface area contributed by atoms with E-state index in [0.29, 0.717) is 39.1 Å². The second kappa shape index (κ2) is 7.15. The van der Waals surface area contributed by atoms with Crippen molar-refractivity contribution in [1.29, 1.82) is 0 Å². The third-order valence-electron chi connectivity index (χ3n) is 3.45. The maximum absolute atomic E-state index is 12.3. The number of nitrogens with two attached hydrogens (primary N) is 2. The zero-order valence-electron chi connectivity index (χ0n) is 13.2. The lowest BCUT2D eigenvalue weighted by atomic mass is 10.2. The molecule has 6 heteroatoms. The molecular formula is C19H16ClN3O2. The smallest absolute Gasteiger partial charge is 0.255 e. The van der Waals surface area contributed by atoms with Crippen molar-refractivity contribution in [1.82, 2.24) is 0 Å². The molecule has 0 atom stereocenters. The molecule has 0 aromatic heterocycles. The Morgan fingerprint density at radius 2 is 1.64 bits per heavy atom. The van der Waals surface area contributed by atoms with Crippen LogP contribution in [0, 0.1) is 0 Å². The van der Waals surface area contributed by atoms with Gasteiger partial charge < -0.3 is 21.5 Å². The summed E-state index contributed by atoms with van der Waals surface area (Å²) in [6.45, 7) is 0. The molecule has 0 fully saturated rings. The molecule has 0 aliphatic carbocycles. The lowest BCUT2D eigenvalue weighted by Gasteiger charge is -2.10. The number of ether oxygens (including phenoxy) is 1. The summed E-state index contributed by atoms with van der Waals surface area (Å²) in [6.07, 6.45) is 0. The van der Waals surface area contributed by atoms with Gasteiger partial charge in [0.1, 0.15) is 11.5 Å². The molecule has 3 aromatic carbocycles. The lowest BCUT2D eigenvalue weighted by Crippen LogP contribution is -2.11. The maximum Gasteiger partial charge on any atom is 0.255 e. The van der Waals surface area contributed by atoms with Crippen LogP contribution in [-0.4, -0.2) is 5.91 Å². The predicted molar refractivity (Wildman–Crippen MR) is 101 cm³/mol. The first-order chi connectivity index (χ1) is 12.0. The molecule has 0 bridgehead atoms. The zero-order valence-corrected chi connectivity index (χ0v) is 14.0. The van der Waals surface area contributed by atoms with E-state index in [2.05, 4.69) is 5.32 Å². The number of anilines is 3. The van der Waals surface area contributed by atoms with Crippen LogP contribution < -0.4 is 21.5 Å². The van der Waals surface area contributed by atoms with Crippen molar-refractivity contribution in [3.8, 4) is 11.5 Å². The first-order valence-corrected chi connectivity index (χ1v) is 7.89. The van der Waals surface area contributed by atoms with E-state index in [-0.39, 0.29) is 5.91 Å². The number of benzene rings is 3. The van der Waals surface area contributed by atoms with Gasteiger partial charge in [0.15, 0.2) is 0 Å². The minimum absolute atomic E-state index is 0.234. The number of halogens is 1. The molecule has 5 N–H and O–H groups in total. The Balaban J connectivity index is 1.75. The fraction of sp³-hybridized carbons (Fsp3) is 0. The molecule has 0 spiro atoms. The third-order valence-corrected chi connectivity index (χ3v) is 3.74. The summed E-state index contributed by atoms with van der Waals surface area (Å²) in [7, 11) is 0. The molecule has 0 aliphatic rings. The minimum atomic E-state index is -0.234. The van der Waals surface area contributed by atoms with Crippen LogP contribution in [-0.2, 0) is 0 Å². The normalized spacial score (nSPS) is 10.3. The van der Waals surface area contributed by atoms with E-state index >= 15 is 0 Å². The number of carbonyl (C=O) groups is 1. The van der Waals surface area contributed by atoms with Crippen LogP contribution in [0.4, 0.5) is 17.1 Å². The highest BCUT2D eigenvalue weighted by Crippen LogP contribution is 2.31. The SMILES string of the molecule is Nc1ccc(C(=O)Nc2cccc(Oc3ccc(N)cc3Cl)c2)cc1. The summed E-state index contributed by atoms with van der Waals surface area (Å²) in [6, 6.07) is 18.7. The molecule has 25 heavy (non-hydrogen) atoms. The van der Waals surface area contributed by atoms with Crippen molar-refractivity contribution >= 4 is 34.6 Å². The van der Waals surface area contributed by atoms with Crippen LogP contribution in [0.3, 0.4) is 0 Å². The van der Waals surface area contributed by atoms with E-state index in [0.717, 1.165) is 0 Å². The van der Waals surface area contributed by atoms with Crippen molar-refractivity contribution < 1.29 is 9.53 Å². The largest absolute Gasteiger partial charge is 0.456 e. The second-order valence-corrected chi connectivity index (χ2v) is 5.80. The predicted octanol–water partition coefficient (Wildman–Crippen LogP) is 4.55. The summed E-state index contributed by atoms with van der Waals surface area (Å²) in [5.41, 5.74) is 13.6. The molecule has 5 nitrogen and oxygen atoms in total. The Morgan fingerprint density at radius 3 is 2.36 bits per heavy atom. The van der Waals surface area contributed by atoms with Gasteiger partial charge in [-0.05, 0) is 54.6 Å². The van der Waals surface area contributed by atoms with Gasteiger partial charge in [-0.3, -0.25) is 4.79 Å². The van der Waals surface area contributed by atoms with E-state index in [9.17, 15) is 4.79 Å². The fourth-order valence-electron chi connectivity index (χ4n) is 2.20. The topological polar surface area (TPSA) is 90.4 Å². The number of nitrogen functional groups attached to an aromatic ring is 2. The number of hydrogen-bond donors (Lipinski definition) is 3. The van der Waals surface area contributed by atoms with Crippen LogP contribution in [0.25, 0.3) is 0 Å². The molecule has 126 valence electrons. The Bertz CT molecular complexity index is 911. The van der Waals surface area contributed by atoms with Gasteiger partial charge in [-0.1, -0.05) is 17.7 Å². The zero-order chi connectivity index (χ0) is 17.8. The van der Waals surface area contributed by atoms with Gasteiger partial charge >= 0.3 is 0 Å². The van der Waals surface area contributed by atoms with Gasteiger partial charge in [0.25, 0.3) is 5.91 Å². The highest BCUT2D eigenvalue weighted by atomic mass is 35.5. The van der Waals surface area contributed by atoms with Crippen molar-refractivity contribution in [2.24, 2.45) is 0 Å². The van der Waals surface area contributed by atoms with Gasteiger partial charge in [0.05, 0.1) is 5.02 Å². The molecule has 3 aromatic rings. The summed E-state index contributed by atoms with van der Waals surface area (Å²) in [5.74, 6) is 0.794. The Labute approximate surface area is 150 Å². The molecule has 0 unspecified atom stereocenters. The standard InChI is InChI=1S/C19H16ClN3O2/c20-17-10-14(22)8-9-18(17)25-16-3-1-2-15(11-16)23-19(24)12-4-6-13(21)7-5-12/h1-11H,21-22H2,(H,23,24). The molecule has 1 amide bonds. The molecule has 0 heterocycles. The monoisotopic (exact) mass is 353 g/mol. The molecular weight excluding hydrogens is 338 g/mol. The van der Waals surface area contributed by atoms with Crippen LogP contribution >= 0.6 is 11.6 Å². The van der Waals surface area contributed by atoms with Crippen LogP contribution in [0.1, 0.15) is 10.4 Å². The second-order valence-electron chi connectivity index (χ2n) is 5.40. The summed E-state index contributed by atoms with van der Waals surface area (Å²) < 4.78 is 5.75. The summed E-state index contributed by atoms with van der Waals surface area (Å²) in [5, 5.41) is 3.23. The van der Waals surface area contributed by atoms with Crippen molar-refractivity contribution in [2.75, 3.05) is 16.8 Å². The molecule has 0 radical (unpaired) electrons. The number of rotatable bonds is 4. The van der Waals surface area contributed by atoms with Crippen molar-refractivity contribution in [3.05, 3.63) is 77.3 Å². The number of carbonyl (C=O) groups excluding carboxylic acids is 1. The molecule has 3 rings (SSSR count). The first kappa shape index (κ1) is 16.7. The van der Waals surface area contributed by atoms with Gasteiger partial charge in [-0.15, -0.1) is 0 Å². The average Bonchev–Trinajstić information content (AvgIpc) is 2.58. The Kier molecular flexibility index (Phi) is 4.77. The van der Waals surface area contributed by atoms with Crippen LogP contribution in [0.5, 0.6) is 11.5 Å². The van der Waals surface area contributed by atoms with Crippen molar-refractivity contribution in [3.63, 3.8) is 0 Å². The summed E-state index contributed by atoms with van der Waals surface area (Å²) in [4.78, 5) is 12.3. The van der Waals surface area contributed by atoms with E-state index in [4.69, 9.17) is 27.8 Å². The lowest BCUT2D eigenvalue weighted by molar-refractivity contribution is 0.102. The van der Waals surface area contributed by atoms with Crippen LogP contribution in [0.2, 0.25) is 5.02 Å². The van der Waals surface area contributed by atoms with Gasteiger partial charge in [0, 0.05) is 28.7 Å². The molecule has 0 saturated carbocycles. The van der Waals surface area contributed by atoms with E-state index in [1.807, 2.05) is 0 Å². The quantitative estimate of drug-likeness (QED) is 0.600. The molecule has 0 aliphatic heterocycles. The van der Waals surface area contributed by atoms with Crippen LogP contribution in [0.15, 0.2) is 66.7 Å². The number of hydrogen-bond acceptors (Lipinski definition) is 4. The highest BCUT2D eigenvalue weighted by molar-refractivity contribution is 6.32. The Morgan fingerprint density at radius 1 is 0.920 bits per heavy atom. The average molecular weight is 354 g/mol. The van der Waals surface area contributed by atoms with E-state index in [1.54, 1.807) is 66.7 Å². The highest BCUT2D eigenvalue weighted by Gasteiger charge is 2.08. The minimum Gasteiger partial charge on any atom is -0.456 e. The van der Waals surface area contributed by atoms with Crippen molar-refractivity contribution in [2.45, 2.75) is 0 Å². The van der Waals surface area contributed by atoms with Gasteiger partial charge in [0.2, 0.25) is 0 Å². The van der Waals surface area contributed by atoms with E-state index in [1.165, 1.54) is 0 Å². The first-order valence-electron chi connectivity index (χ1n) is 7.51. The van der Waals surface area contributed by atoms with E-state index < -0.39 is 0 Å². The Hall–Kier alpha value is -3.18. The number of amides is 1. The third kappa shape index (κ3) is 4.22. The van der Waals surface area contributed by atoms with Gasteiger partial charge in [-0.2, -0.15) is 0 Å². The summed E-state index contributed by atoms with van der Waals surface area (Å²) >= 11 is 6.11. The van der Waals surface area contributed by atoms with Gasteiger partial charge in [-0.25, -0.2) is 0 Å². The molecule has 0 saturated heterocycles. The maximum atomic E-state index is 12.3. The fourth-order valence-corrected chi connectivity index (χ4v) is 2.43. The number of nitrogens with one attached hydrogen (secondary N) is 1.